The maximum Gasteiger partial charge on any atom is 0.173 e. The summed E-state index contributed by atoms with van der Waals surface area (Å²) in [7, 11) is 0. The number of aliphatic hydroxyl groups is 1. The Morgan fingerprint density at radius 1 is 1.38 bits per heavy atom. The van der Waals surface area contributed by atoms with Crippen LogP contribution in [0.2, 0.25) is 0 Å². The lowest BCUT2D eigenvalue weighted by Crippen LogP contribution is -2.02. The average Bonchev–Trinajstić information content (AvgIpc) is 2.34. The van der Waals surface area contributed by atoms with Crippen LogP contribution in [0.5, 0.6) is 5.75 Å². The highest BCUT2D eigenvalue weighted by Gasteiger charge is 2.04. The highest BCUT2D eigenvalue weighted by Crippen LogP contribution is 2.14. The number of aliphatic hydroxyl groups excluding tert-OH is 1. The number of carbonyl (C=O) groups is 1. The molecule has 16 heavy (non-hydrogen) atoms. The van der Waals surface area contributed by atoms with Crippen molar-refractivity contribution in [2.24, 2.45) is 0 Å². The van der Waals surface area contributed by atoms with Crippen LogP contribution in [0.25, 0.3) is 0 Å². The maximum atomic E-state index is 11.4. The number of ketones is 1. The second kappa shape index (κ2) is 7.41. The number of ether oxygens (including phenoxy) is 1. The van der Waals surface area contributed by atoms with Crippen LogP contribution in [0.4, 0.5) is 0 Å². The van der Waals surface area contributed by atoms with Crippen LogP contribution in [0.3, 0.4) is 0 Å². The van der Waals surface area contributed by atoms with Gasteiger partial charge in [0, 0.05) is 12.2 Å². The van der Waals surface area contributed by atoms with Crippen molar-refractivity contribution in [2.45, 2.75) is 12.8 Å². The van der Waals surface area contributed by atoms with Crippen LogP contribution >= 0.6 is 15.9 Å². The van der Waals surface area contributed by atoms with Crippen molar-refractivity contribution in [3.8, 4) is 5.75 Å². The van der Waals surface area contributed by atoms with E-state index in [1.807, 2.05) is 6.07 Å². The lowest BCUT2D eigenvalue weighted by molar-refractivity contribution is 0.102. The van der Waals surface area contributed by atoms with Gasteiger partial charge >= 0.3 is 0 Å². The Labute approximate surface area is 104 Å². The normalized spacial score (nSPS) is 10.1. The third-order valence-corrected chi connectivity index (χ3v) is 2.61. The number of alkyl halides is 1. The van der Waals surface area contributed by atoms with E-state index in [1.54, 1.807) is 18.2 Å². The second-order valence-electron chi connectivity index (χ2n) is 3.36. The van der Waals surface area contributed by atoms with Crippen molar-refractivity contribution in [3.63, 3.8) is 0 Å². The van der Waals surface area contributed by atoms with Gasteiger partial charge in [0.25, 0.3) is 0 Å². The van der Waals surface area contributed by atoms with E-state index in [4.69, 9.17) is 9.84 Å². The van der Waals surface area contributed by atoms with Crippen molar-refractivity contribution in [2.75, 3.05) is 18.5 Å². The molecule has 0 atom stereocenters. The molecule has 0 bridgehead atoms. The smallest absolute Gasteiger partial charge is 0.173 e. The first kappa shape index (κ1) is 13.2. The fraction of sp³-hybridized carbons (Fsp3) is 0.417. The number of Topliss-reactive ketones (excluding diaryl/α,β-unsaturated/α-hetero) is 1. The molecular weight excluding hydrogens is 272 g/mol. The van der Waals surface area contributed by atoms with Crippen molar-refractivity contribution in [3.05, 3.63) is 29.8 Å². The SMILES string of the molecule is O=C(CBr)c1cccc(OCCCCO)c1. The van der Waals surface area contributed by atoms with Crippen LogP contribution < -0.4 is 4.74 Å². The molecule has 0 saturated carbocycles. The summed E-state index contributed by atoms with van der Waals surface area (Å²) in [5, 5.41) is 8.93. The fourth-order valence-electron chi connectivity index (χ4n) is 1.24. The zero-order valence-corrected chi connectivity index (χ0v) is 10.6. The molecule has 0 radical (unpaired) electrons. The number of benzene rings is 1. The van der Waals surface area contributed by atoms with Gasteiger partial charge in [0.15, 0.2) is 5.78 Å². The molecule has 0 aliphatic carbocycles. The first-order chi connectivity index (χ1) is 7.77. The molecule has 0 aliphatic rings. The zero-order chi connectivity index (χ0) is 11.8. The number of halogens is 1. The highest BCUT2D eigenvalue weighted by atomic mass is 79.9. The van der Waals surface area contributed by atoms with E-state index in [1.165, 1.54) is 0 Å². The fourth-order valence-corrected chi connectivity index (χ4v) is 1.56. The molecule has 0 spiro atoms. The summed E-state index contributed by atoms with van der Waals surface area (Å²) < 4.78 is 5.46. The molecule has 0 aromatic heterocycles. The second-order valence-corrected chi connectivity index (χ2v) is 3.92. The van der Waals surface area contributed by atoms with E-state index >= 15 is 0 Å². The average molecular weight is 287 g/mol. The molecule has 0 aliphatic heterocycles. The summed E-state index contributed by atoms with van der Waals surface area (Å²) >= 11 is 3.13. The molecular formula is C12H15BrO3. The minimum Gasteiger partial charge on any atom is -0.494 e. The molecule has 1 aromatic carbocycles. The van der Waals surface area contributed by atoms with Crippen LogP contribution in [0, 0.1) is 0 Å². The molecule has 0 amide bonds. The monoisotopic (exact) mass is 286 g/mol. The molecule has 1 N–H and O–H groups in total. The Morgan fingerprint density at radius 2 is 2.19 bits per heavy atom. The largest absolute Gasteiger partial charge is 0.494 e. The zero-order valence-electron chi connectivity index (χ0n) is 8.99. The lowest BCUT2D eigenvalue weighted by Gasteiger charge is -2.06. The van der Waals surface area contributed by atoms with E-state index in [2.05, 4.69) is 15.9 Å². The Balaban J connectivity index is 2.50. The van der Waals surface area contributed by atoms with Gasteiger partial charge in [-0.25, -0.2) is 0 Å². The standard InChI is InChI=1S/C12H15BrO3/c13-9-12(15)10-4-3-5-11(8-10)16-7-2-1-6-14/h3-5,8,14H,1-2,6-7,9H2. The third kappa shape index (κ3) is 4.33. The van der Waals surface area contributed by atoms with Gasteiger partial charge in [0.2, 0.25) is 0 Å². The van der Waals surface area contributed by atoms with Crippen LogP contribution in [-0.4, -0.2) is 29.4 Å². The first-order valence-electron chi connectivity index (χ1n) is 5.21. The number of hydrogen-bond acceptors (Lipinski definition) is 3. The Morgan fingerprint density at radius 3 is 2.88 bits per heavy atom. The summed E-state index contributed by atoms with van der Waals surface area (Å²) in [6.07, 6.45) is 1.55. The number of unbranched alkanes of at least 4 members (excludes halogenated alkanes) is 1. The van der Waals surface area contributed by atoms with Gasteiger partial charge in [-0.2, -0.15) is 0 Å². The Hall–Kier alpha value is -0.870. The molecule has 1 aromatic rings. The quantitative estimate of drug-likeness (QED) is 0.476. The molecule has 0 fully saturated rings. The highest BCUT2D eigenvalue weighted by molar-refractivity contribution is 9.09. The van der Waals surface area contributed by atoms with Gasteiger partial charge < -0.3 is 9.84 Å². The van der Waals surface area contributed by atoms with E-state index < -0.39 is 0 Å². The Kier molecular flexibility index (Phi) is 6.11. The van der Waals surface area contributed by atoms with Gasteiger partial charge in [-0.15, -0.1) is 0 Å². The third-order valence-electron chi connectivity index (χ3n) is 2.10. The molecule has 3 nitrogen and oxygen atoms in total. The van der Waals surface area contributed by atoms with Gasteiger partial charge in [0.1, 0.15) is 5.75 Å². The molecule has 0 unspecified atom stereocenters. The van der Waals surface area contributed by atoms with Crippen molar-refractivity contribution >= 4 is 21.7 Å². The molecule has 0 heterocycles. The van der Waals surface area contributed by atoms with Gasteiger partial charge in [0.05, 0.1) is 11.9 Å². The van der Waals surface area contributed by atoms with Crippen molar-refractivity contribution in [1.29, 1.82) is 0 Å². The number of carbonyl (C=O) groups excluding carboxylic acids is 1. The van der Waals surface area contributed by atoms with Crippen molar-refractivity contribution < 1.29 is 14.6 Å². The predicted molar refractivity (Wildman–Crippen MR) is 66.4 cm³/mol. The number of rotatable bonds is 7. The topological polar surface area (TPSA) is 46.5 Å². The van der Waals surface area contributed by atoms with E-state index in [0.717, 1.165) is 12.8 Å². The van der Waals surface area contributed by atoms with Crippen LogP contribution in [0.1, 0.15) is 23.2 Å². The molecule has 1 rings (SSSR count). The summed E-state index contributed by atoms with van der Waals surface area (Å²) in [6, 6.07) is 7.13. The minimum absolute atomic E-state index is 0.0424. The Bertz CT molecular complexity index is 339. The maximum absolute atomic E-state index is 11.4. The van der Waals surface area contributed by atoms with E-state index in [-0.39, 0.29) is 12.4 Å². The lowest BCUT2D eigenvalue weighted by atomic mass is 10.1. The minimum atomic E-state index is 0.0424. The summed E-state index contributed by atoms with van der Waals surface area (Å²) in [5.74, 6) is 0.741. The first-order valence-corrected chi connectivity index (χ1v) is 6.33. The van der Waals surface area contributed by atoms with E-state index in [0.29, 0.717) is 23.2 Å². The predicted octanol–water partition coefficient (Wildman–Crippen LogP) is 2.42. The van der Waals surface area contributed by atoms with Gasteiger partial charge in [-0.05, 0) is 25.0 Å². The van der Waals surface area contributed by atoms with Gasteiger partial charge in [-0.1, -0.05) is 28.1 Å². The molecule has 4 heteroatoms. The molecule has 88 valence electrons. The summed E-state index contributed by atoms with van der Waals surface area (Å²) in [5.41, 5.74) is 0.650. The summed E-state index contributed by atoms with van der Waals surface area (Å²) in [4.78, 5) is 11.4. The van der Waals surface area contributed by atoms with Crippen LogP contribution in [-0.2, 0) is 0 Å². The van der Waals surface area contributed by atoms with E-state index in [9.17, 15) is 4.79 Å². The number of hydrogen-bond donors (Lipinski definition) is 1. The van der Waals surface area contributed by atoms with Crippen molar-refractivity contribution in [1.82, 2.24) is 0 Å². The summed E-state index contributed by atoms with van der Waals surface area (Å²) in [6.45, 7) is 0.748. The van der Waals surface area contributed by atoms with Crippen LogP contribution in [0.15, 0.2) is 24.3 Å². The van der Waals surface area contributed by atoms with Gasteiger partial charge in [-0.3, -0.25) is 4.79 Å². The molecule has 0 saturated heterocycles.